The first-order valence-corrected chi connectivity index (χ1v) is 5.31. The molecular weight excluding hydrogens is 220 g/mol. The summed E-state index contributed by atoms with van der Waals surface area (Å²) in [6.45, 7) is 4.24. The molecule has 1 aromatic carbocycles. The van der Waals surface area contributed by atoms with Crippen LogP contribution in [0.2, 0.25) is 0 Å². The zero-order valence-corrected chi connectivity index (χ0v) is 10.2. The molecule has 0 aliphatic rings. The van der Waals surface area contributed by atoms with Gasteiger partial charge in [-0.15, -0.1) is 0 Å². The van der Waals surface area contributed by atoms with Gasteiger partial charge in [-0.1, -0.05) is 0 Å². The lowest BCUT2D eigenvalue weighted by Gasteiger charge is -2.16. The van der Waals surface area contributed by atoms with Crippen LogP contribution < -0.4 is 5.32 Å². The summed E-state index contributed by atoms with van der Waals surface area (Å²) in [5.74, 6) is -0.975. The highest BCUT2D eigenvalue weighted by molar-refractivity contribution is 5.92. The Bertz CT molecular complexity index is 443. The molecule has 0 saturated heterocycles. The van der Waals surface area contributed by atoms with E-state index in [1.807, 2.05) is 6.92 Å². The monoisotopic (exact) mass is 236 g/mol. The summed E-state index contributed by atoms with van der Waals surface area (Å²) < 4.78 is 0. The molecule has 2 N–H and O–H groups in total. The number of carboxylic acids is 1. The fourth-order valence-electron chi connectivity index (χ4n) is 1.29. The maximum atomic E-state index is 11.6. The zero-order valence-electron chi connectivity index (χ0n) is 10.2. The van der Waals surface area contributed by atoms with E-state index in [2.05, 4.69) is 5.32 Å². The molecule has 0 unspecified atom stereocenters. The van der Waals surface area contributed by atoms with Gasteiger partial charge in [0.05, 0.1) is 5.56 Å². The largest absolute Gasteiger partial charge is 0.478 e. The van der Waals surface area contributed by atoms with Crippen molar-refractivity contribution in [1.29, 1.82) is 0 Å². The highest BCUT2D eigenvalue weighted by Crippen LogP contribution is 2.16. The Labute approximate surface area is 100 Å². The first-order chi connectivity index (χ1) is 7.95. The predicted octanol–water partition coefficient (Wildman–Crippen LogP) is 2.18. The van der Waals surface area contributed by atoms with Crippen molar-refractivity contribution >= 4 is 17.7 Å². The second-order valence-electron chi connectivity index (χ2n) is 3.78. The van der Waals surface area contributed by atoms with Crippen LogP contribution in [0, 0.1) is 6.92 Å². The van der Waals surface area contributed by atoms with Gasteiger partial charge in [0.2, 0.25) is 0 Å². The normalized spacial score (nSPS) is 9.82. The van der Waals surface area contributed by atoms with Crippen LogP contribution in [-0.2, 0) is 0 Å². The van der Waals surface area contributed by atoms with Gasteiger partial charge < -0.3 is 15.3 Å². The molecule has 2 amide bonds. The van der Waals surface area contributed by atoms with E-state index in [1.165, 1.54) is 17.0 Å². The van der Waals surface area contributed by atoms with Crippen LogP contribution >= 0.6 is 0 Å². The molecule has 17 heavy (non-hydrogen) atoms. The van der Waals surface area contributed by atoms with E-state index in [0.717, 1.165) is 5.56 Å². The fraction of sp³-hybridized carbons (Fsp3) is 0.333. The van der Waals surface area contributed by atoms with Crippen LogP contribution in [0.4, 0.5) is 10.5 Å². The van der Waals surface area contributed by atoms with Gasteiger partial charge in [-0.05, 0) is 37.6 Å². The van der Waals surface area contributed by atoms with Crippen LogP contribution in [0.5, 0.6) is 0 Å². The average Bonchev–Trinajstić information content (AvgIpc) is 2.30. The van der Waals surface area contributed by atoms with E-state index < -0.39 is 5.97 Å². The third-order valence-corrected chi connectivity index (χ3v) is 2.54. The average molecular weight is 236 g/mol. The lowest BCUT2D eigenvalue weighted by molar-refractivity contribution is 0.0697. The van der Waals surface area contributed by atoms with Crippen molar-refractivity contribution in [3.05, 3.63) is 29.3 Å². The first kappa shape index (κ1) is 13.0. The molecule has 5 nitrogen and oxygen atoms in total. The molecule has 92 valence electrons. The van der Waals surface area contributed by atoms with Crippen molar-refractivity contribution in [3.8, 4) is 0 Å². The van der Waals surface area contributed by atoms with E-state index >= 15 is 0 Å². The Balaban J connectivity index is 2.86. The third kappa shape index (κ3) is 3.21. The summed E-state index contributed by atoms with van der Waals surface area (Å²) in [7, 11) is 1.69. The van der Waals surface area contributed by atoms with Crippen LogP contribution in [-0.4, -0.2) is 35.6 Å². The molecule has 0 aliphatic carbocycles. The van der Waals surface area contributed by atoms with Gasteiger partial charge in [0.25, 0.3) is 0 Å². The zero-order chi connectivity index (χ0) is 13.0. The number of amides is 2. The molecule has 5 heteroatoms. The summed E-state index contributed by atoms with van der Waals surface area (Å²) >= 11 is 0. The number of rotatable bonds is 3. The number of aryl methyl sites for hydroxylation is 1. The molecule has 0 atom stereocenters. The Morgan fingerprint density at radius 1 is 1.41 bits per heavy atom. The SMILES string of the molecule is CCN(C)C(=O)Nc1ccc(C(=O)O)cc1C. The van der Waals surface area contributed by atoms with Gasteiger partial charge >= 0.3 is 12.0 Å². The van der Waals surface area contributed by atoms with Gasteiger partial charge in [-0.2, -0.15) is 0 Å². The van der Waals surface area contributed by atoms with Gasteiger partial charge in [-0.25, -0.2) is 9.59 Å². The minimum Gasteiger partial charge on any atom is -0.478 e. The van der Waals surface area contributed by atoms with E-state index in [9.17, 15) is 9.59 Å². The maximum absolute atomic E-state index is 11.6. The standard InChI is InChI=1S/C12H16N2O3/c1-4-14(3)12(17)13-10-6-5-9(11(15)16)7-8(10)2/h5-7H,4H2,1-3H3,(H,13,17)(H,15,16). The molecule has 0 aliphatic heterocycles. The molecule has 0 spiro atoms. The molecular formula is C12H16N2O3. The third-order valence-electron chi connectivity index (χ3n) is 2.54. The Hall–Kier alpha value is -2.04. The fourth-order valence-corrected chi connectivity index (χ4v) is 1.29. The number of anilines is 1. The Kier molecular flexibility index (Phi) is 4.09. The highest BCUT2D eigenvalue weighted by atomic mass is 16.4. The smallest absolute Gasteiger partial charge is 0.335 e. The molecule has 1 aromatic rings. The number of carbonyl (C=O) groups excluding carboxylic acids is 1. The predicted molar refractivity (Wildman–Crippen MR) is 65.5 cm³/mol. The van der Waals surface area contributed by atoms with E-state index in [-0.39, 0.29) is 11.6 Å². The summed E-state index contributed by atoms with van der Waals surface area (Å²) in [6.07, 6.45) is 0. The van der Waals surface area contributed by atoms with E-state index in [0.29, 0.717) is 12.2 Å². The number of benzene rings is 1. The molecule has 0 saturated carbocycles. The number of carbonyl (C=O) groups is 2. The van der Waals surface area contributed by atoms with Gasteiger partial charge in [0, 0.05) is 19.3 Å². The van der Waals surface area contributed by atoms with Crippen LogP contribution in [0.3, 0.4) is 0 Å². The van der Waals surface area contributed by atoms with E-state index in [1.54, 1.807) is 20.0 Å². The lowest BCUT2D eigenvalue weighted by atomic mass is 10.1. The molecule has 0 radical (unpaired) electrons. The Morgan fingerprint density at radius 3 is 2.53 bits per heavy atom. The number of urea groups is 1. The topological polar surface area (TPSA) is 69.6 Å². The number of hydrogen-bond donors (Lipinski definition) is 2. The van der Waals surface area contributed by atoms with Crippen molar-refractivity contribution in [3.63, 3.8) is 0 Å². The van der Waals surface area contributed by atoms with Crippen molar-refractivity contribution in [2.24, 2.45) is 0 Å². The summed E-state index contributed by atoms with van der Waals surface area (Å²) in [4.78, 5) is 23.9. The highest BCUT2D eigenvalue weighted by Gasteiger charge is 2.10. The molecule has 0 bridgehead atoms. The van der Waals surface area contributed by atoms with Crippen molar-refractivity contribution in [2.75, 3.05) is 18.9 Å². The summed E-state index contributed by atoms with van der Waals surface area (Å²) in [6, 6.07) is 4.39. The number of carboxylic acid groups (broad SMARTS) is 1. The number of nitrogens with zero attached hydrogens (tertiary/aromatic N) is 1. The molecule has 0 heterocycles. The quantitative estimate of drug-likeness (QED) is 0.845. The number of aromatic carboxylic acids is 1. The second-order valence-corrected chi connectivity index (χ2v) is 3.78. The van der Waals surface area contributed by atoms with Crippen LogP contribution in [0.1, 0.15) is 22.8 Å². The summed E-state index contributed by atoms with van der Waals surface area (Å²) in [5, 5.41) is 11.5. The minimum atomic E-state index is -0.975. The molecule has 1 rings (SSSR count). The number of nitrogens with one attached hydrogen (secondary N) is 1. The van der Waals surface area contributed by atoms with Crippen molar-refractivity contribution in [2.45, 2.75) is 13.8 Å². The second kappa shape index (κ2) is 5.34. The Morgan fingerprint density at radius 2 is 2.06 bits per heavy atom. The number of hydrogen-bond acceptors (Lipinski definition) is 2. The van der Waals surface area contributed by atoms with Gasteiger partial charge in [0.15, 0.2) is 0 Å². The van der Waals surface area contributed by atoms with Gasteiger partial charge in [0.1, 0.15) is 0 Å². The lowest BCUT2D eigenvalue weighted by Crippen LogP contribution is -2.31. The first-order valence-electron chi connectivity index (χ1n) is 5.31. The van der Waals surface area contributed by atoms with Crippen molar-refractivity contribution in [1.82, 2.24) is 4.90 Å². The summed E-state index contributed by atoms with van der Waals surface area (Å²) in [5.41, 5.74) is 1.56. The minimum absolute atomic E-state index is 0.210. The van der Waals surface area contributed by atoms with E-state index in [4.69, 9.17) is 5.11 Å². The van der Waals surface area contributed by atoms with Crippen LogP contribution in [0.25, 0.3) is 0 Å². The molecule has 0 aromatic heterocycles. The van der Waals surface area contributed by atoms with Crippen molar-refractivity contribution < 1.29 is 14.7 Å². The maximum Gasteiger partial charge on any atom is 0.335 e. The van der Waals surface area contributed by atoms with Crippen LogP contribution in [0.15, 0.2) is 18.2 Å². The van der Waals surface area contributed by atoms with Gasteiger partial charge in [-0.3, -0.25) is 0 Å². The molecule has 0 fully saturated rings.